The molecule has 13 heteroatoms. The number of carbonyl (C=O) groups is 2. The summed E-state index contributed by atoms with van der Waals surface area (Å²) < 4.78 is 8.90. The molecule has 1 amide bonds. The molecule has 7 heterocycles. The lowest BCUT2D eigenvalue weighted by molar-refractivity contribution is -0.0691. The van der Waals surface area contributed by atoms with Crippen LogP contribution in [-0.2, 0) is 37.7 Å². The monoisotopic (exact) mass is 692 g/mol. The van der Waals surface area contributed by atoms with Crippen molar-refractivity contribution in [2.75, 3.05) is 54.5 Å². The van der Waals surface area contributed by atoms with E-state index in [0.717, 1.165) is 57.1 Å². The number of aromatic carboxylic acids is 1. The predicted molar refractivity (Wildman–Crippen MR) is 194 cm³/mol. The summed E-state index contributed by atoms with van der Waals surface area (Å²) in [5.41, 5.74) is 5.79. The molecule has 4 aliphatic rings. The van der Waals surface area contributed by atoms with Gasteiger partial charge in [-0.05, 0) is 61.1 Å². The third-order valence-electron chi connectivity index (χ3n) is 10.9. The first-order chi connectivity index (χ1) is 24.5. The number of carboxylic acids is 1. The number of nitrogens with zero attached hydrogens (tertiary/aromatic N) is 7. The number of rotatable bonds is 8. The molecule has 0 saturated carbocycles. The number of aromatic nitrogens is 4. The van der Waals surface area contributed by atoms with Crippen molar-refractivity contribution in [3.63, 3.8) is 0 Å². The summed E-state index contributed by atoms with van der Waals surface area (Å²) in [5, 5.41) is 13.7. The highest BCUT2D eigenvalue weighted by Gasteiger charge is 2.38. The normalized spacial score (nSPS) is 20.2. The zero-order chi connectivity index (χ0) is 35.6. The van der Waals surface area contributed by atoms with Crippen molar-refractivity contribution in [2.45, 2.75) is 58.8 Å². The number of nitrogens with one attached hydrogen (secondary N) is 1. The number of fused-ring (bicyclic) bond motifs is 3. The topological polar surface area (TPSA) is 138 Å². The third kappa shape index (κ3) is 5.97. The molecule has 1 aliphatic carbocycles. The van der Waals surface area contributed by atoms with Gasteiger partial charge >= 0.3 is 5.97 Å². The second-order valence-electron chi connectivity index (χ2n) is 15.1. The Balaban J connectivity index is 1.01. The van der Waals surface area contributed by atoms with Crippen LogP contribution in [-0.4, -0.2) is 92.5 Å². The van der Waals surface area contributed by atoms with Crippen molar-refractivity contribution in [3.8, 4) is 11.1 Å². The van der Waals surface area contributed by atoms with Crippen LogP contribution in [0.3, 0.4) is 0 Å². The minimum Gasteiger partial charge on any atom is -0.478 e. The van der Waals surface area contributed by atoms with E-state index in [1.54, 1.807) is 25.4 Å². The van der Waals surface area contributed by atoms with Gasteiger partial charge in [0.1, 0.15) is 16.9 Å². The molecule has 8 rings (SSSR count). The molecule has 3 aliphatic heterocycles. The van der Waals surface area contributed by atoms with E-state index in [4.69, 9.17) is 9.72 Å². The largest absolute Gasteiger partial charge is 0.478 e. The van der Waals surface area contributed by atoms with Gasteiger partial charge in [0, 0.05) is 75.0 Å². The molecule has 4 aromatic heterocycles. The molecule has 2 N–H and O–H groups in total. The van der Waals surface area contributed by atoms with Crippen LogP contribution in [0.1, 0.15) is 58.6 Å². The van der Waals surface area contributed by atoms with Crippen LogP contribution in [0.15, 0.2) is 53.7 Å². The Morgan fingerprint density at radius 3 is 2.59 bits per heavy atom. The SMILES string of the molecule is C[C@H]1CN(C2COC2)CCN1c1ccc(CNc2cc(-c3ccnc(N4CCn5c(cc6c5CC(C)(C)C6)C4=O)c3C(=O)O)cn(C)c2=O)nc1. The lowest BCUT2D eigenvalue weighted by atomic mass is 9.90. The number of piperazine rings is 1. The number of pyridine rings is 3. The van der Waals surface area contributed by atoms with Gasteiger partial charge in [0.15, 0.2) is 5.82 Å². The Kier molecular flexibility index (Phi) is 8.22. The van der Waals surface area contributed by atoms with Crippen molar-refractivity contribution in [3.05, 3.63) is 87.5 Å². The highest BCUT2D eigenvalue weighted by Crippen LogP contribution is 2.40. The summed E-state index contributed by atoms with van der Waals surface area (Å²) in [6.45, 7) is 12.4. The first kappa shape index (κ1) is 33.2. The number of carbonyl (C=O) groups excluding carboxylic acids is 1. The fraction of sp³-hybridized carbons (Fsp3) is 0.447. The first-order valence-corrected chi connectivity index (χ1v) is 17.7. The fourth-order valence-corrected chi connectivity index (χ4v) is 8.22. The number of ether oxygens (including phenoxy) is 1. The van der Waals surface area contributed by atoms with Gasteiger partial charge < -0.3 is 29.2 Å². The highest BCUT2D eigenvalue weighted by molar-refractivity contribution is 6.10. The van der Waals surface area contributed by atoms with Crippen LogP contribution in [0.2, 0.25) is 0 Å². The van der Waals surface area contributed by atoms with Gasteiger partial charge in [-0.1, -0.05) is 13.8 Å². The summed E-state index contributed by atoms with van der Waals surface area (Å²) >= 11 is 0. The van der Waals surface area contributed by atoms with Gasteiger partial charge in [-0.2, -0.15) is 0 Å². The van der Waals surface area contributed by atoms with E-state index in [2.05, 4.69) is 51.5 Å². The van der Waals surface area contributed by atoms with Gasteiger partial charge in [0.2, 0.25) is 0 Å². The molecular weight excluding hydrogens is 648 g/mol. The molecule has 0 radical (unpaired) electrons. The quantitative estimate of drug-likeness (QED) is 0.282. The lowest BCUT2D eigenvalue weighted by Crippen LogP contribution is -2.59. The molecule has 51 heavy (non-hydrogen) atoms. The van der Waals surface area contributed by atoms with Gasteiger partial charge in [0.25, 0.3) is 11.5 Å². The maximum Gasteiger partial charge on any atom is 0.340 e. The fourth-order valence-electron chi connectivity index (χ4n) is 8.22. The smallest absolute Gasteiger partial charge is 0.340 e. The number of hydrogen-bond acceptors (Lipinski definition) is 9. The molecular formula is C38H44N8O5. The van der Waals surface area contributed by atoms with Gasteiger partial charge in [0.05, 0.1) is 43.4 Å². The number of aryl methyl sites for hydroxylation is 1. The summed E-state index contributed by atoms with van der Waals surface area (Å²) in [7, 11) is 1.63. The Hall–Kier alpha value is -5.01. The number of carboxylic acid groups (broad SMARTS) is 1. The molecule has 1 atom stereocenters. The Bertz CT molecular complexity index is 2080. The van der Waals surface area contributed by atoms with Gasteiger partial charge in [-0.3, -0.25) is 24.4 Å². The van der Waals surface area contributed by atoms with Crippen LogP contribution in [0.25, 0.3) is 11.1 Å². The number of anilines is 3. The first-order valence-electron chi connectivity index (χ1n) is 17.7. The second-order valence-corrected chi connectivity index (χ2v) is 15.1. The van der Waals surface area contributed by atoms with Crippen LogP contribution in [0.5, 0.6) is 0 Å². The van der Waals surface area contributed by atoms with Crippen molar-refractivity contribution in [1.82, 2.24) is 24.0 Å². The maximum absolute atomic E-state index is 13.9. The van der Waals surface area contributed by atoms with Gasteiger partial charge in [-0.15, -0.1) is 0 Å². The molecule has 13 nitrogen and oxygen atoms in total. The minimum absolute atomic E-state index is 0.0857. The maximum atomic E-state index is 13.9. The second kappa shape index (κ2) is 12.6. The third-order valence-corrected chi connectivity index (χ3v) is 10.9. The van der Waals surface area contributed by atoms with E-state index in [0.29, 0.717) is 54.2 Å². The molecule has 2 fully saturated rings. The molecule has 266 valence electrons. The molecule has 0 aromatic carbocycles. The summed E-state index contributed by atoms with van der Waals surface area (Å²) in [5.74, 6) is -1.37. The van der Waals surface area contributed by atoms with Crippen molar-refractivity contribution in [2.24, 2.45) is 12.5 Å². The van der Waals surface area contributed by atoms with Gasteiger partial charge in [-0.25, -0.2) is 9.78 Å². The predicted octanol–water partition coefficient (Wildman–Crippen LogP) is 3.65. The molecule has 0 spiro atoms. The lowest BCUT2D eigenvalue weighted by Gasteiger charge is -2.46. The van der Waals surface area contributed by atoms with Crippen LogP contribution < -0.4 is 20.7 Å². The van der Waals surface area contributed by atoms with Crippen molar-refractivity contribution >= 4 is 29.1 Å². The van der Waals surface area contributed by atoms with Crippen LogP contribution in [0.4, 0.5) is 17.2 Å². The Morgan fingerprint density at radius 2 is 1.88 bits per heavy atom. The summed E-state index contributed by atoms with van der Waals surface area (Å²) in [6, 6.07) is 10.2. The van der Waals surface area contributed by atoms with Crippen LogP contribution >= 0.6 is 0 Å². The number of amides is 1. The Labute approximate surface area is 296 Å². The van der Waals surface area contributed by atoms with Crippen LogP contribution in [0, 0.1) is 5.41 Å². The van der Waals surface area contributed by atoms with Crippen molar-refractivity contribution < 1.29 is 19.4 Å². The van der Waals surface area contributed by atoms with E-state index in [1.165, 1.54) is 26.9 Å². The molecule has 0 unspecified atom stereocenters. The minimum atomic E-state index is -1.20. The molecule has 4 aromatic rings. The highest BCUT2D eigenvalue weighted by atomic mass is 16.5. The average molecular weight is 693 g/mol. The van der Waals surface area contributed by atoms with Crippen molar-refractivity contribution in [1.29, 1.82) is 0 Å². The molecule has 2 saturated heterocycles. The zero-order valence-electron chi connectivity index (χ0n) is 29.6. The number of hydrogen-bond donors (Lipinski definition) is 2. The van der Waals surface area contributed by atoms with E-state index in [9.17, 15) is 19.5 Å². The molecule has 0 bridgehead atoms. The average Bonchev–Trinajstić information content (AvgIpc) is 3.57. The van der Waals surface area contributed by atoms with E-state index in [-0.39, 0.29) is 28.3 Å². The Morgan fingerprint density at radius 1 is 1.06 bits per heavy atom. The summed E-state index contributed by atoms with van der Waals surface area (Å²) in [6.07, 6.45) is 6.83. The van der Waals surface area contributed by atoms with E-state index >= 15 is 0 Å². The van der Waals surface area contributed by atoms with E-state index in [1.807, 2.05) is 18.3 Å². The zero-order valence-corrected chi connectivity index (χ0v) is 29.6. The standard InChI is InChI=1S/C38H44N8O5/c1-23-19-43(28-21-51-22-28)9-10-44(23)27-6-5-26(40-18-27)17-41-30-13-25(20-42(4)35(30)47)29-7-8-39-34(33(29)37(49)50)46-12-11-45-31(36(46)48)14-24-15-38(2,3)16-32(24)45/h5-8,13-14,18,20,23,28,41H,9-12,15-17,19,21-22H2,1-4H3,(H,49,50)/t23-/m0/s1. The summed E-state index contributed by atoms with van der Waals surface area (Å²) in [4.78, 5) is 55.5. The van der Waals surface area contributed by atoms with E-state index < -0.39 is 5.97 Å².